The van der Waals surface area contributed by atoms with Gasteiger partial charge in [-0.25, -0.2) is 13.1 Å². The molecule has 0 spiro atoms. The Bertz CT molecular complexity index is 814. The minimum absolute atomic E-state index is 0.104. The zero-order valence-electron chi connectivity index (χ0n) is 18.2. The molecule has 1 N–H and O–H groups in total. The highest BCUT2D eigenvalue weighted by Crippen LogP contribution is 2.30. The Kier molecular flexibility index (Phi) is 7.02. The lowest BCUT2D eigenvalue weighted by Crippen LogP contribution is -2.49. The molecule has 0 unspecified atom stereocenters. The summed E-state index contributed by atoms with van der Waals surface area (Å²) in [5.41, 5.74) is 2.65. The summed E-state index contributed by atoms with van der Waals surface area (Å²) < 4.78 is 28.5. The summed E-state index contributed by atoms with van der Waals surface area (Å²) in [6.07, 6.45) is 3.53. The first kappa shape index (κ1) is 22.2. The molecule has 1 saturated carbocycles. The van der Waals surface area contributed by atoms with E-state index in [4.69, 9.17) is 0 Å². The van der Waals surface area contributed by atoms with E-state index in [0.29, 0.717) is 23.3 Å². The number of nitrogens with zero attached hydrogens (tertiary/aromatic N) is 2. The molecule has 6 nitrogen and oxygen atoms in total. The third-order valence-electron chi connectivity index (χ3n) is 6.45. The fourth-order valence-electron chi connectivity index (χ4n) is 4.79. The molecule has 1 aromatic carbocycles. The van der Waals surface area contributed by atoms with E-state index in [2.05, 4.69) is 16.7 Å². The smallest absolute Gasteiger partial charge is 0.241 e. The van der Waals surface area contributed by atoms with Gasteiger partial charge in [0.25, 0.3) is 0 Å². The summed E-state index contributed by atoms with van der Waals surface area (Å²) in [5, 5.41) is 0. The van der Waals surface area contributed by atoms with E-state index in [-0.39, 0.29) is 5.92 Å². The Morgan fingerprint density at radius 2 is 1.55 bits per heavy atom. The maximum Gasteiger partial charge on any atom is 0.241 e. The average molecular weight is 422 g/mol. The molecule has 1 aliphatic carbocycles. The molecule has 1 heterocycles. The number of rotatable bonds is 5. The second-order valence-electron chi connectivity index (χ2n) is 8.93. The van der Waals surface area contributed by atoms with Crippen molar-refractivity contribution in [1.82, 2.24) is 14.5 Å². The van der Waals surface area contributed by atoms with E-state index in [1.54, 1.807) is 0 Å². The average Bonchev–Trinajstić information content (AvgIpc) is 2.66. The zero-order valence-corrected chi connectivity index (χ0v) is 19.0. The molecule has 162 valence electrons. The van der Waals surface area contributed by atoms with E-state index in [9.17, 15) is 13.2 Å². The first-order valence-electron chi connectivity index (χ1n) is 10.7. The van der Waals surface area contributed by atoms with Crippen molar-refractivity contribution in [3.8, 4) is 0 Å². The van der Waals surface area contributed by atoms with Crippen molar-refractivity contribution in [2.45, 2.75) is 51.3 Å². The van der Waals surface area contributed by atoms with Crippen molar-refractivity contribution in [3.63, 3.8) is 0 Å². The minimum Gasteiger partial charge on any atom is -0.340 e. The first-order valence-corrected chi connectivity index (χ1v) is 12.2. The molecule has 3 rings (SSSR count). The minimum atomic E-state index is -3.52. The number of likely N-dealkylation sites (N-methyl/N-ethyl adjacent to an activating group) is 1. The summed E-state index contributed by atoms with van der Waals surface area (Å²) in [5.74, 6) is 0.697. The normalized spacial score (nSPS) is 23.9. The number of carbonyl (C=O) groups excluding carboxylic acids is 1. The van der Waals surface area contributed by atoms with Gasteiger partial charge < -0.3 is 9.80 Å². The molecule has 0 atom stereocenters. The fraction of sp³-hybridized carbons (Fsp3) is 0.682. The number of amides is 1. The number of aryl methyl sites for hydroxylation is 3. The molecule has 0 aromatic heterocycles. The highest BCUT2D eigenvalue weighted by atomic mass is 32.2. The highest BCUT2D eigenvalue weighted by Gasteiger charge is 2.31. The second kappa shape index (κ2) is 9.14. The van der Waals surface area contributed by atoms with Gasteiger partial charge in [-0.2, -0.15) is 0 Å². The summed E-state index contributed by atoms with van der Waals surface area (Å²) in [7, 11) is -1.43. The van der Waals surface area contributed by atoms with Crippen LogP contribution in [0.1, 0.15) is 42.4 Å². The maximum absolute atomic E-state index is 12.9. The fourth-order valence-corrected chi connectivity index (χ4v) is 6.35. The maximum atomic E-state index is 12.9. The molecule has 0 bridgehead atoms. The molecule has 1 aromatic rings. The predicted molar refractivity (Wildman–Crippen MR) is 115 cm³/mol. The molecule has 29 heavy (non-hydrogen) atoms. The molecule has 1 aliphatic heterocycles. The van der Waals surface area contributed by atoms with Crippen LogP contribution in [0, 0.1) is 32.6 Å². The lowest BCUT2D eigenvalue weighted by molar-refractivity contribution is -0.138. The molecular formula is C22H35N3O3S. The number of benzene rings is 1. The van der Waals surface area contributed by atoms with Gasteiger partial charge in [0.2, 0.25) is 15.9 Å². The van der Waals surface area contributed by atoms with Crippen molar-refractivity contribution in [2.75, 3.05) is 39.8 Å². The second-order valence-corrected chi connectivity index (χ2v) is 10.6. The third kappa shape index (κ3) is 5.38. The van der Waals surface area contributed by atoms with Crippen molar-refractivity contribution >= 4 is 15.9 Å². The largest absolute Gasteiger partial charge is 0.340 e. The zero-order chi connectivity index (χ0) is 21.2. The van der Waals surface area contributed by atoms with E-state index in [0.717, 1.165) is 68.6 Å². The molecule has 1 amide bonds. The van der Waals surface area contributed by atoms with Crippen LogP contribution in [-0.4, -0.2) is 63.9 Å². The first-order chi connectivity index (χ1) is 13.7. The number of piperazine rings is 1. The van der Waals surface area contributed by atoms with E-state index in [1.165, 1.54) is 0 Å². The molecule has 0 radical (unpaired) electrons. The van der Waals surface area contributed by atoms with E-state index < -0.39 is 10.0 Å². The van der Waals surface area contributed by atoms with Crippen molar-refractivity contribution in [1.29, 1.82) is 0 Å². The standard InChI is InChI=1S/C22H35N3O3S/c1-16-13-17(2)21(18(3)14-16)29(27,28)23-15-19-5-7-20(8-6-19)22(26)25-11-9-24(4)10-12-25/h13-14,19-20,23H,5-12,15H2,1-4H3. The van der Waals surface area contributed by atoms with Crippen LogP contribution in [0.25, 0.3) is 0 Å². The summed E-state index contributed by atoms with van der Waals surface area (Å²) in [6.45, 7) is 9.67. The summed E-state index contributed by atoms with van der Waals surface area (Å²) >= 11 is 0. The van der Waals surface area contributed by atoms with Crippen LogP contribution in [0.3, 0.4) is 0 Å². The molecule has 1 saturated heterocycles. The number of carbonyl (C=O) groups is 1. The van der Waals surface area contributed by atoms with Gasteiger partial charge in [0.15, 0.2) is 0 Å². The third-order valence-corrected chi connectivity index (χ3v) is 8.17. The van der Waals surface area contributed by atoms with Crippen LogP contribution in [0.2, 0.25) is 0 Å². The van der Waals surface area contributed by atoms with Crippen LogP contribution < -0.4 is 4.72 Å². The molecular weight excluding hydrogens is 386 g/mol. The quantitative estimate of drug-likeness (QED) is 0.793. The number of sulfonamides is 1. The summed E-state index contributed by atoms with van der Waals surface area (Å²) in [6, 6.07) is 3.83. The Morgan fingerprint density at radius 3 is 2.10 bits per heavy atom. The van der Waals surface area contributed by atoms with Gasteiger partial charge in [-0.05, 0) is 70.5 Å². The van der Waals surface area contributed by atoms with E-state index in [1.807, 2.05) is 37.8 Å². The van der Waals surface area contributed by atoms with Gasteiger partial charge in [0.05, 0.1) is 4.90 Å². The number of nitrogens with one attached hydrogen (secondary N) is 1. The highest BCUT2D eigenvalue weighted by molar-refractivity contribution is 7.89. The Morgan fingerprint density at radius 1 is 1.00 bits per heavy atom. The number of hydrogen-bond donors (Lipinski definition) is 1. The van der Waals surface area contributed by atoms with E-state index >= 15 is 0 Å². The van der Waals surface area contributed by atoms with Gasteiger partial charge in [0.1, 0.15) is 0 Å². The van der Waals surface area contributed by atoms with Crippen LogP contribution in [-0.2, 0) is 14.8 Å². The van der Waals surface area contributed by atoms with Crippen LogP contribution in [0.5, 0.6) is 0 Å². The van der Waals surface area contributed by atoms with Crippen LogP contribution in [0.15, 0.2) is 17.0 Å². The van der Waals surface area contributed by atoms with Gasteiger partial charge in [-0.3, -0.25) is 4.79 Å². The van der Waals surface area contributed by atoms with Gasteiger partial charge in [-0.1, -0.05) is 17.7 Å². The van der Waals surface area contributed by atoms with Crippen molar-refractivity contribution in [2.24, 2.45) is 11.8 Å². The molecule has 7 heteroatoms. The predicted octanol–water partition coefficient (Wildman–Crippen LogP) is 2.47. The van der Waals surface area contributed by atoms with Gasteiger partial charge in [0, 0.05) is 38.6 Å². The van der Waals surface area contributed by atoms with Crippen LogP contribution in [0.4, 0.5) is 0 Å². The van der Waals surface area contributed by atoms with Crippen molar-refractivity contribution < 1.29 is 13.2 Å². The SMILES string of the molecule is Cc1cc(C)c(S(=O)(=O)NCC2CCC(C(=O)N3CCN(C)CC3)CC2)c(C)c1. The van der Waals surface area contributed by atoms with Gasteiger partial charge in [-0.15, -0.1) is 0 Å². The topological polar surface area (TPSA) is 69.7 Å². The Labute approximate surface area is 175 Å². The van der Waals surface area contributed by atoms with Crippen LogP contribution >= 0.6 is 0 Å². The molecule has 2 fully saturated rings. The van der Waals surface area contributed by atoms with Gasteiger partial charge >= 0.3 is 0 Å². The summed E-state index contributed by atoms with van der Waals surface area (Å²) in [4.78, 5) is 17.4. The Hall–Kier alpha value is -1.44. The molecule has 2 aliphatic rings. The van der Waals surface area contributed by atoms with Crippen molar-refractivity contribution in [3.05, 3.63) is 28.8 Å². The lowest BCUT2D eigenvalue weighted by Gasteiger charge is -2.36. The number of hydrogen-bond acceptors (Lipinski definition) is 4. The Balaban J connectivity index is 1.52. The lowest BCUT2D eigenvalue weighted by atomic mass is 9.81. The monoisotopic (exact) mass is 421 g/mol.